The van der Waals surface area contributed by atoms with Crippen molar-refractivity contribution in [1.82, 2.24) is 9.21 Å². The van der Waals surface area contributed by atoms with Crippen molar-refractivity contribution in [2.75, 3.05) is 33.7 Å². The Morgan fingerprint density at radius 3 is 2.43 bits per heavy atom. The maximum absolute atomic E-state index is 12.7. The van der Waals surface area contributed by atoms with Crippen LogP contribution in [0.1, 0.15) is 23.2 Å². The van der Waals surface area contributed by atoms with Crippen molar-refractivity contribution in [3.05, 3.63) is 29.8 Å². The molecule has 0 radical (unpaired) electrons. The fourth-order valence-corrected chi connectivity index (χ4v) is 4.10. The summed E-state index contributed by atoms with van der Waals surface area (Å²) in [6.45, 7) is 1.56. The van der Waals surface area contributed by atoms with E-state index in [4.69, 9.17) is 5.73 Å². The van der Waals surface area contributed by atoms with E-state index in [1.54, 1.807) is 26.2 Å². The summed E-state index contributed by atoms with van der Waals surface area (Å²) in [6.07, 6.45) is 1.57. The number of carbonyl (C=O) groups is 1. The average Bonchev–Trinajstić information content (AvgIpc) is 2.54. The zero-order valence-corrected chi connectivity index (χ0v) is 15.1. The maximum atomic E-state index is 12.7. The molecule has 0 spiro atoms. The Bertz CT molecular complexity index is 641. The zero-order chi connectivity index (χ0) is 16.3. The monoisotopic (exact) mass is 361 g/mol. The van der Waals surface area contributed by atoms with Crippen LogP contribution in [0.15, 0.2) is 29.2 Å². The number of benzene rings is 1. The number of halogens is 1. The Hall–Kier alpha value is -1.15. The first kappa shape index (κ1) is 19.9. The average molecular weight is 362 g/mol. The highest BCUT2D eigenvalue weighted by atomic mass is 35.5. The minimum atomic E-state index is -3.55. The predicted octanol–water partition coefficient (Wildman–Crippen LogP) is 1.17. The lowest BCUT2D eigenvalue weighted by Crippen LogP contribution is -2.40. The lowest BCUT2D eigenvalue weighted by atomic mass is 9.99. The van der Waals surface area contributed by atoms with Gasteiger partial charge < -0.3 is 10.6 Å². The third-order valence-corrected chi connectivity index (χ3v) is 5.93. The topological polar surface area (TPSA) is 83.7 Å². The highest BCUT2D eigenvalue weighted by Gasteiger charge is 2.29. The molecule has 0 aliphatic carbocycles. The summed E-state index contributed by atoms with van der Waals surface area (Å²) in [5.41, 5.74) is 6.02. The van der Waals surface area contributed by atoms with Crippen molar-refractivity contribution >= 4 is 28.3 Å². The van der Waals surface area contributed by atoms with E-state index in [0.717, 1.165) is 12.8 Å². The second-order valence-electron chi connectivity index (χ2n) is 5.81. The standard InChI is InChI=1S/C15H23N3O3S.ClH/c1-17(2)15(19)13-4-3-5-14(10-13)22(20,21)18-8-6-12(11-16)7-9-18;/h3-5,10,12H,6-9,11,16H2,1-2H3;1H. The third kappa shape index (κ3) is 4.44. The molecule has 2 N–H and O–H groups in total. The number of hydrogen-bond acceptors (Lipinski definition) is 4. The minimum absolute atomic E-state index is 0. The first-order chi connectivity index (χ1) is 10.4. The molecule has 1 aliphatic rings. The molecule has 1 heterocycles. The zero-order valence-electron chi connectivity index (χ0n) is 13.4. The largest absolute Gasteiger partial charge is 0.345 e. The molecule has 8 heteroatoms. The molecule has 1 aromatic rings. The molecule has 1 amide bonds. The summed E-state index contributed by atoms with van der Waals surface area (Å²) in [6, 6.07) is 6.22. The molecular weight excluding hydrogens is 338 g/mol. The number of piperidine rings is 1. The summed E-state index contributed by atoms with van der Waals surface area (Å²) in [7, 11) is -0.274. The number of carbonyl (C=O) groups excluding carboxylic acids is 1. The van der Waals surface area contributed by atoms with E-state index in [2.05, 4.69) is 0 Å². The van der Waals surface area contributed by atoms with E-state index in [9.17, 15) is 13.2 Å². The molecule has 0 bridgehead atoms. The summed E-state index contributed by atoms with van der Waals surface area (Å²) in [4.78, 5) is 13.6. The Morgan fingerprint density at radius 1 is 1.30 bits per heavy atom. The van der Waals surface area contributed by atoms with Gasteiger partial charge in [-0.2, -0.15) is 4.31 Å². The van der Waals surface area contributed by atoms with E-state index in [0.29, 0.717) is 31.1 Å². The summed E-state index contributed by atoms with van der Waals surface area (Å²) in [5.74, 6) is 0.187. The van der Waals surface area contributed by atoms with Gasteiger partial charge in [-0.05, 0) is 43.5 Å². The molecule has 0 unspecified atom stereocenters. The molecule has 1 fully saturated rings. The summed E-state index contributed by atoms with van der Waals surface area (Å²) >= 11 is 0. The van der Waals surface area contributed by atoms with E-state index >= 15 is 0 Å². The van der Waals surface area contributed by atoms with Crippen molar-refractivity contribution in [3.8, 4) is 0 Å². The van der Waals surface area contributed by atoms with Gasteiger partial charge in [0.25, 0.3) is 5.91 Å². The molecule has 2 rings (SSSR count). The Labute approximate surface area is 144 Å². The second kappa shape index (κ2) is 8.10. The first-order valence-electron chi connectivity index (χ1n) is 7.38. The van der Waals surface area contributed by atoms with Crippen LogP contribution >= 0.6 is 12.4 Å². The van der Waals surface area contributed by atoms with Crippen LogP contribution in [0, 0.1) is 5.92 Å². The van der Waals surface area contributed by atoms with Crippen molar-refractivity contribution in [2.45, 2.75) is 17.7 Å². The highest BCUT2D eigenvalue weighted by molar-refractivity contribution is 7.89. The molecule has 1 aromatic carbocycles. The molecule has 1 aliphatic heterocycles. The third-order valence-electron chi connectivity index (χ3n) is 4.03. The number of amides is 1. The van der Waals surface area contributed by atoms with Crippen molar-refractivity contribution in [2.24, 2.45) is 11.7 Å². The molecule has 130 valence electrons. The lowest BCUT2D eigenvalue weighted by molar-refractivity contribution is 0.0827. The van der Waals surface area contributed by atoms with Gasteiger partial charge in [-0.25, -0.2) is 8.42 Å². The van der Waals surface area contributed by atoms with Crippen LogP contribution in [-0.4, -0.2) is 57.3 Å². The van der Waals surface area contributed by atoms with Gasteiger partial charge in [-0.1, -0.05) is 6.07 Å². The summed E-state index contributed by atoms with van der Waals surface area (Å²) < 4.78 is 26.9. The van der Waals surface area contributed by atoms with Gasteiger partial charge >= 0.3 is 0 Å². The Balaban J connectivity index is 0.00000264. The van der Waals surface area contributed by atoms with Crippen LogP contribution in [0.25, 0.3) is 0 Å². The Morgan fingerprint density at radius 2 is 1.91 bits per heavy atom. The van der Waals surface area contributed by atoms with Crippen molar-refractivity contribution in [1.29, 1.82) is 0 Å². The van der Waals surface area contributed by atoms with Gasteiger partial charge in [0.15, 0.2) is 0 Å². The quantitative estimate of drug-likeness (QED) is 0.872. The smallest absolute Gasteiger partial charge is 0.253 e. The van der Waals surface area contributed by atoms with Crippen LogP contribution in [-0.2, 0) is 10.0 Å². The number of nitrogens with zero attached hydrogens (tertiary/aromatic N) is 2. The van der Waals surface area contributed by atoms with Gasteiger partial charge in [-0.3, -0.25) is 4.79 Å². The van der Waals surface area contributed by atoms with Gasteiger partial charge in [0, 0.05) is 32.7 Å². The molecular formula is C15H24ClN3O3S. The van der Waals surface area contributed by atoms with E-state index in [1.807, 2.05) is 0 Å². The molecule has 1 saturated heterocycles. The minimum Gasteiger partial charge on any atom is -0.345 e. The van der Waals surface area contributed by atoms with E-state index in [1.165, 1.54) is 21.3 Å². The molecule has 0 aromatic heterocycles. The van der Waals surface area contributed by atoms with Crippen molar-refractivity contribution in [3.63, 3.8) is 0 Å². The fourth-order valence-electron chi connectivity index (χ4n) is 2.58. The molecule has 0 atom stereocenters. The van der Waals surface area contributed by atoms with E-state index in [-0.39, 0.29) is 23.2 Å². The van der Waals surface area contributed by atoms with E-state index < -0.39 is 10.0 Å². The van der Waals surface area contributed by atoms with Gasteiger partial charge in [0.2, 0.25) is 10.0 Å². The van der Waals surface area contributed by atoms with Crippen molar-refractivity contribution < 1.29 is 13.2 Å². The molecule has 6 nitrogen and oxygen atoms in total. The number of nitrogens with two attached hydrogens (primary N) is 1. The first-order valence-corrected chi connectivity index (χ1v) is 8.82. The SMILES string of the molecule is CN(C)C(=O)c1cccc(S(=O)(=O)N2CCC(CN)CC2)c1.Cl. The number of rotatable bonds is 4. The highest BCUT2D eigenvalue weighted by Crippen LogP contribution is 2.24. The van der Waals surface area contributed by atoms with Crippen LogP contribution in [0.5, 0.6) is 0 Å². The number of hydrogen-bond donors (Lipinski definition) is 1. The van der Waals surface area contributed by atoms with Gasteiger partial charge in [0.1, 0.15) is 0 Å². The molecule has 0 saturated carbocycles. The second-order valence-corrected chi connectivity index (χ2v) is 7.75. The van der Waals surface area contributed by atoms with Gasteiger partial charge in [0.05, 0.1) is 4.90 Å². The van der Waals surface area contributed by atoms with Crippen LogP contribution in [0.4, 0.5) is 0 Å². The lowest BCUT2D eigenvalue weighted by Gasteiger charge is -2.30. The van der Waals surface area contributed by atoms with Crippen LogP contribution in [0.3, 0.4) is 0 Å². The predicted molar refractivity (Wildman–Crippen MR) is 92.2 cm³/mol. The van der Waals surface area contributed by atoms with Gasteiger partial charge in [-0.15, -0.1) is 12.4 Å². The Kier molecular flexibility index (Phi) is 7.01. The fraction of sp³-hybridized carbons (Fsp3) is 0.533. The van der Waals surface area contributed by atoms with Crippen LogP contribution < -0.4 is 5.73 Å². The summed E-state index contributed by atoms with van der Waals surface area (Å²) in [5, 5.41) is 0. The maximum Gasteiger partial charge on any atom is 0.253 e. The number of sulfonamides is 1. The molecule has 23 heavy (non-hydrogen) atoms. The normalized spacial score (nSPS) is 16.7. The van der Waals surface area contributed by atoms with Crippen LogP contribution in [0.2, 0.25) is 0 Å².